The summed E-state index contributed by atoms with van der Waals surface area (Å²) in [6, 6.07) is 0.591. The Balaban J connectivity index is 1.82. The lowest BCUT2D eigenvalue weighted by Crippen LogP contribution is -2.32. The molecule has 2 unspecified atom stereocenters. The fraction of sp³-hybridized carbons (Fsp3) is 0.667. The number of nitrogens with one attached hydrogen (secondary N) is 1. The molecule has 2 fully saturated rings. The molecule has 92 valence electrons. The maximum Gasteiger partial charge on any atom is 0.293 e. The van der Waals surface area contributed by atoms with Crippen molar-refractivity contribution in [3.8, 4) is 0 Å². The summed E-state index contributed by atoms with van der Waals surface area (Å²) in [7, 11) is 0. The Bertz CT molecular complexity index is 467. The zero-order chi connectivity index (χ0) is 11.8. The molecule has 3 rings (SSSR count). The Morgan fingerprint density at radius 3 is 2.94 bits per heavy atom. The van der Waals surface area contributed by atoms with E-state index in [1.165, 1.54) is 0 Å². The Morgan fingerprint density at radius 2 is 2.29 bits per heavy atom. The molecule has 2 atom stereocenters. The van der Waals surface area contributed by atoms with Gasteiger partial charge in [-0.15, -0.1) is 0 Å². The summed E-state index contributed by atoms with van der Waals surface area (Å²) in [6.07, 6.45) is 6.76. The van der Waals surface area contributed by atoms with E-state index >= 15 is 0 Å². The molecule has 0 amide bonds. The number of aromatic nitrogens is 2. The van der Waals surface area contributed by atoms with E-state index in [0.29, 0.717) is 11.9 Å². The Hall–Kier alpha value is -1.36. The molecular formula is C12H17N3O2. The molecule has 0 spiro atoms. The molecule has 1 aromatic rings. The maximum absolute atomic E-state index is 12.1. The molecule has 1 aliphatic heterocycles. The van der Waals surface area contributed by atoms with Crippen molar-refractivity contribution in [3.05, 3.63) is 22.7 Å². The van der Waals surface area contributed by atoms with Crippen molar-refractivity contribution in [2.24, 2.45) is 0 Å². The van der Waals surface area contributed by atoms with Crippen LogP contribution in [0.2, 0.25) is 0 Å². The van der Waals surface area contributed by atoms with Crippen molar-refractivity contribution >= 4 is 5.82 Å². The highest BCUT2D eigenvalue weighted by Gasteiger charge is 2.28. The van der Waals surface area contributed by atoms with E-state index in [9.17, 15) is 4.79 Å². The van der Waals surface area contributed by atoms with Gasteiger partial charge in [0.2, 0.25) is 0 Å². The molecule has 1 aromatic heterocycles. The molecular weight excluding hydrogens is 218 g/mol. The second kappa shape index (κ2) is 4.14. The lowest BCUT2D eigenvalue weighted by molar-refractivity contribution is 0.121. The second-order valence-corrected chi connectivity index (χ2v) is 4.83. The van der Waals surface area contributed by atoms with Crippen LogP contribution in [0.25, 0.3) is 0 Å². The van der Waals surface area contributed by atoms with Crippen LogP contribution in [-0.2, 0) is 4.74 Å². The minimum absolute atomic E-state index is 0.00546. The summed E-state index contributed by atoms with van der Waals surface area (Å²) in [5.41, 5.74) is -0.00546. The summed E-state index contributed by atoms with van der Waals surface area (Å²) in [4.78, 5) is 16.3. The van der Waals surface area contributed by atoms with Crippen molar-refractivity contribution < 1.29 is 4.74 Å². The monoisotopic (exact) mass is 235 g/mol. The summed E-state index contributed by atoms with van der Waals surface area (Å²) in [6.45, 7) is 2.77. The predicted octanol–water partition coefficient (Wildman–Crippen LogP) is 1.17. The lowest BCUT2D eigenvalue weighted by atomic mass is 10.1. The molecule has 2 heterocycles. The third-order valence-electron chi connectivity index (χ3n) is 3.51. The topological polar surface area (TPSA) is 56.1 Å². The number of rotatable bonds is 3. The first-order chi connectivity index (χ1) is 8.25. The van der Waals surface area contributed by atoms with Crippen molar-refractivity contribution in [1.82, 2.24) is 9.55 Å². The number of ether oxygens (including phenoxy) is 1. The van der Waals surface area contributed by atoms with Crippen LogP contribution in [0.3, 0.4) is 0 Å². The van der Waals surface area contributed by atoms with E-state index in [4.69, 9.17) is 4.74 Å². The molecule has 1 saturated heterocycles. The molecule has 17 heavy (non-hydrogen) atoms. The summed E-state index contributed by atoms with van der Waals surface area (Å²) < 4.78 is 7.26. The van der Waals surface area contributed by atoms with Crippen LogP contribution in [0, 0.1) is 0 Å². The third kappa shape index (κ3) is 2.07. The van der Waals surface area contributed by atoms with Gasteiger partial charge < -0.3 is 14.6 Å². The maximum atomic E-state index is 12.1. The van der Waals surface area contributed by atoms with Gasteiger partial charge in [0, 0.05) is 25.0 Å². The zero-order valence-electron chi connectivity index (χ0n) is 9.93. The highest BCUT2D eigenvalue weighted by molar-refractivity contribution is 5.33. The van der Waals surface area contributed by atoms with Gasteiger partial charge in [0.05, 0.1) is 12.1 Å². The van der Waals surface area contributed by atoms with Crippen LogP contribution >= 0.6 is 0 Å². The lowest BCUT2D eigenvalue weighted by Gasteiger charge is -2.16. The quantitative estimate of drug-likeness (QED) is 0.854. The van der Waals surface area contributed by atoms with Gasteiger partial charge in [-0.25, -0.2) is 4.98 Å². The van der Waals surface area contributed by atoms with Crippen molar-refractivity contribution in [2.75, 3.05) is 11.9 Å². The minimum Gasteiger partial charge on any atom is -0.376 e. The second-order valence-electron chi connectivity index (χ2n) is 4.83. The van der Waals surface area contributed by atoms with Crippen LogP contribution in [0.4, 0.5) is 5.82 Å². The van der Waals surface area contributed by atoms with Gasteiger partial charge in [-0.3, -0.25) is 4.79 Å². The average molecular weight is 235 g/mol. The van der Waals surface area contributed by atoms with Crippen LogP contribution in [0.15, 0.2) is 17.2 Å². The van der Waals surface area contributed by atoms with E-state index < -0.39 is 0 Å². The molecule has 0 aromatic carbocycles. The predicted molar refractivity (Wildman–Crippen MR) is 64.2 cm³/mol. The highest BCUT2D eigenvalue weighted by atomic mass is 16.5. The summed E-state index contributed by atoms with van der Waals surface area (Å²) in [5.74, 6) is 0.460. The summed E-state index contributed by atoms with van der Waals surface area (Å²) in [5, 5.41) is 3.21. The van der Waals surface area contributed by atoms with E-state index in [0.717, 1.165) is 25.9 Å². The number of hydrogen-bond donors (Lipinski definition) is 1. The minimum atomic E-state index is -0.00546. The van der Waals surface area contributed by atoms with Gasteiger partial charge in [-0.05, 0) is 26.2 Å². The van der Waals surface area contributed by atoms with Gasteiger partial charge in [0.25, 0.3) is 5.56 Å². The molecule has 5 nitrogen and oxygen atoms in total. The first kappa shape index (κ1) is 10.8. The van der Waals surface area contributed by atoms with Gasteiger partial charge in [-0.2, -0.15) is 0 Å². The van der Waals surface area contributed by atoms with E-state index in [1.54, 1.807) is 17.0 Å². The van der Waals surface area contributed by atoms with E-state index in [1.807, 2.05) is 6.92 Å². The number of nitrogens with zero attached hydrogens (tertiary/aromatic N) is 2. The molecule has 0 radical (unpaired) electrons. The SMILES string of the molecule is CC1OCCC1Nc1nccn(C2CC2)c1=O. The normalized spacial score (nSPS) is 28.3. The molecule has 0 bridgehead atoms. The highest BCUT2D eigenvalue weighted by Crippen LogP contribution is 2.33. The molecule has 5 heteroatoms. The van der Waals surface area contributed by atoms with Crippen LogP contribution < -0.4 is 10.9 Å². The van der Waals surface area contributed by atoms with Gasteiger partial charge in [0.15, 0.2) is 5.82 Å². The Labute approximate surface area is 99.8 Å². The van der Waals surface area contributed by atoms with Crippen molar-refractivity contribution in [3.63, 3.8) is 0 Å². The molecule has 1 saturated carbocycles. The molecule has 1 N–H and O–H groups in total. The molecule has 1 aliphatic carbocycles. The number of hydrogen-bond acceptors (Lipinski definition) is 4. The molecule has 2 aliphatic rings. The first-order valence-corrected chi connectivity index (χ1v) is 6.21. The Kier molecular flexibility index (Phi) is 2.63. The van der Waals surface area contributed by atoms with E-state index in [-0.39, 0.29) is 17.7 Å². The fourth-order valence-corrected chi connectivity index (χ4v) is 2.26. The van der Waals surface area contributed by atoms with Gasteiger partial charge in [0.1, 0.15) is 0 Å². The smallest absolute Gasteiger partial charge is 0.293 e. The Morgan fingerprint density at radius 1 is 1.47 bits per heavy atom. The van der Waals surface area contributed by atoms with Crippen molar-refractivity contribution in [2.45, 2.75) is 44.4 Å². The summed E-state index contributed by atoms with van der Waals surface area (Å²) >= 11 is 0. The number of anilines is 1. The van der Waals surface area contributed by atoms with E-state index in [2.05, 4.69) is 10.3 Å². The van der Waals surface area contributed by atoms with Crippen LogP contribution in [0.5, 0.6) is 0 Å². The fourth-order valence-electron chi connectivity index (χ4n) is 2.26. The largest absolute Gasteiger partial charge is 0.376 e. The van der Waals surface area contributed by atoms with Gasteiger partial charge in [-0.1, -0.05) is 0 Å². The third-order valence-corrected chi connectivity index (χ3v) is 3.51. The van der Waals surface area contributed by atoms with Crippen molar-refractivity contribution in [1.29, 1.82) is 0 Å². The average Bonchev–Trinajstić information content (AvgIpc) is 3.08. The zero-order valence-corrected chi connectivity index (χ0v) is 9.93. The van der Waals surface area contributed by atoms with Crippen LogP contribution in [-0.4, -0.2) is 28.3 Å². The first-order valence-electron chi connectivity index (χ1n) is 6.21. The standard InChI is InChI=1S/C12H17N3O2/c1-8-10(4-7-17-8)14-11-12(16)15(6-5-13-11)9-2-3-9/h5-6,8-10H,2-4,7H2,1H3,(H,13,14). The van der Waals surface area contributed by atoms with Crippen LogP contribution in [0.1, 0.15) is 32.2 Å². The van der Waals surface area contributed by atoms with Gasteiger partial charge >= 0.3 is 0 Å².